The number of hydrogen-bond acceptors (Lipinski definition) is 2. The molecule has 1 aromatic rings. The van der Waals surface area contributed by atoms with Gasteiger partial charge in [-0.25, -0.2) is 0 Å². The minimum atomic E-state index is -0.476. The quantitative estimate of drug-likeness (QED) is 0.675. The highest BCUT2D eigenvalue weighted by Crippen LogP contribution is 2.41. The van der Waals surface area contributed by atoms with E-state index in [0.29, 0.717) is 10.7 Å². The van der Waals surface area contributed by atoms with Crippen LogP contribution in [0.4, 0.5) is 10.1 Å². The Bertz CT molecular complexity index is 556. The number of carbonyl (C=O) groups excluding carboxylic acids is 1. The van der Waals surface area contributed by atoms with Gasteiger partial charge < -0.3 is 5.32 Å². The molecular formula is C20H30ClFN2O. The van der Waals surface area contributed by atoms with Gasteiger partial charge in [-0.15, -0.1) is 0 Å². The first-order chi connectivity index (χ1) is 12.1. The molecule has 140 valence electrons. The number of alkyl halides is 1. The molecule has 0 spiro atoms. The SMILES string of the molecule is CCN(CC)C1([C@H](CCF)C(=O)Nc2cccc(Cl)c2)CCCCC1. The van der Waals surface area contributed by atoms with E-state index in [1.165, 1.54) is 6.42 Å². The molecule has 1 saturated carbocycles. The molecule has 1 aromatic carbocycles. The molecule has 0 heterocycles. The standard InChI is InChI=1S/C20H30ClFN2O/c1-3-24(4-2)20(12-6-5-7-13-20)18(11-14-22)19(25)23-17-10-8-9-16(21)15-17/h8-10,15,18H,3-7,11-14H2,1-2H3,(H,23,25)/t18-/m1/s1. The van der Waals surface area contributed by atoms with Gasteiger partial charge in [-0.2, -0.15) is 0 Å². The Morgan fingerprint density at radius 3 is 2.52 bits per heavy atom. The first-order valence-corrected chi connectivity index (χ1v) is 9.82. The van der Waals surface area contributed by atoms with E-state index < -0.39 is 6.67 Å². The Morgan fingerprint density at radius 2 is 1.96 bits per heavy atom. The third kappa shape index (κ3) is 4.73. The second kappa shape index (κ2) is 9.54. The molecule has 3 nitrogen and oxygen atoms in total. The van der Waals surface area contributed by atoms with Gasteiger partial charge in [0.2, 0.25) is 5.91 Å². The highest BCUT2D eigenvalue weighted by Gasteiger charge is 2.46. The molecule has 1 N–H and O–H groups in total. The second-order valence-electron chi connectivity index (χ2n) is 6.87. The summed E-state index contributed by atoms with van der Waals surface area (Å²) in [5.74, 6) is -0.439. The van der Waals surface area contributed by atoms with Crippen LogP contribution in [0.3, 0.4) is 0 Å². The maximum Gasteiger partial charge on any atom is 0.229 e. The number of anilines is 1. The van der Waals surface area contributed by atoms with Crippen molar-refractivity contribution >= 4 is 23.2 Å². The van der Waals surface area contributed by atoms with Crippen LogP contribution >= 0.6 is 11.6 Å². The van der Waals surface area contributed by atoms with E-state index in [0.717, 1.165) is 38.8 Å². The van der Waals surface area contributed by atoms with Crippen LogP contribution in [-0.2, 0) is 4.79 Å². The van der Waals surface area contributed by atoms with Gasteiger partial charge in [-0.3, -0.25) is 14.1 Å². The van der Waals surface area contributed by atoms with Crippen molar-refractivity contribution < 1.29 is 9.18 Å². The summed E-state index contributed by atoms with van der Waals surface area (Å²) in [6.45, 7) is 5.53. The maximum atomic E-state index is 13.4. The van der Waals surface area contributed by atoms with Crippen LogP contribution in [0, 0.1) is 5.92 Å². The first kappa shape index (κ1) is 20.2. The zero-order chi connectivity index (χ0) is 18.3. The normalized spacial score (nSPS) is 18.1. The number of nitrogens with one attached hydrogen (secondary N) is 1. The van der Waals surface area contributed by atoms with Gasteiger partial charge in [0, 0.05) is 16.2 Å². The molecular weight excluding hydrogens is 339 g/mol. The van der Waals surface area contributed by atoms with Crippen molar-refractivity contribution in [1.82, 2.24) is 4.90 Å². The molecule has 0 aromatic heterocycles. The average molecular weight is 369 g/mol. The first-order valence-electron chi connectivity index (χ1n) is 9.44. The molecule has 1 aliphatic carbocycles. The number of amides is 1. The van der Waals surface area contributed by atoms with Crippen LogP contribution in [0.5, 0.6) is 0 Å². The van der Waals surface area contributed by atoms with Gasteiger partial charge in [0.1, 0.15) is 0 Å². The predicted molar refractivity (Wildman–Crippen MR) is 103 cm³/mol. The summed E-state index contributed by atoms with van der Waals surface area (Å²) in [5.41, 5.74) is 0.433. The Balaban J connectivity index is 2.29. The van der Waals surface area contributed by atoms with Gasteiger partial charge in [0.05, 0.1) is 12.6 Å². The highest BCUT2D eigenvalue weighted by atomic mass is 35.5. The van der Waals surface area contributed by atoms with Gasteiger partial charge in [0.15, 0.2) is 0 Å². The lowest BCUT2D eigenvalue weighted by Crippen LogP contribution is -2.58. The molecule has 0 bridgehead atoms. The van der Waals surface area contributed by atoms with Crippen LogP contribution in [0.15, 0.2) is 24.3 Å². The highest BCUT2D eigenvalue weighted by molar-refractivity contribution is 6.30. The minimum absolute atomic E-state index is 0.0892. The fourth-order valence-electron chi connectivity index (χ4n) is 4.45. The summed E-state index contributed by atoms with van der Waals surface area (Å²) >= 11 is 6.02. The van der Waals surface area contributed by atoms with Crippen LogP contribution < -0.4 is 5.32 Å². The van der Waals surface area contributed by atoms with Gasteiger partial charge in [0.25, 0.3) is 0 Å². The van der Waals surface area contributed by atoms with Crippen molar-refractivity contribution in [1.29, 1.82) is 0 Å². The molecule has 25 heavy (non-hydrogen) atoms. The van der Waals surface area contributed by atoms with Gasteiger partial charge in [-0.05, 0) is 50.6 Å². The summed E-state index contributed by atoms with van der Waals surface area (Å²) in [6.07, 6.45) is 5.59. The Kier molecular flexibility index (Phi) is 7.70. The molecule has 0 saturated heterocycles. The summed E-state index contributed by atoms with van der Waals surface area (Å²) < 4.78 is 13.4. The van der Waals surface area contributed by atoms with E-state index in [4.69, 9.17) is 11.6 Å². The van der Waals surface area contributed by atoms with Crippen LogP contribution in [0.2, 0.25) is 5.02 Å². The van der Waals surface area contributed by atoms with Crippen molar-refractivity contribution in [3.63, 3.8) is 0 Å². The molecule has 0 radical (unpaired) electrons. The molecule has 5 heteroatoms. The third-order valence-corrected chi connectivity index (χ3v) is 5.80. The lowest BCUT2D eigenvalue weighted by atomic mass is 9.69. The van der Waals surface area contributed by atoms with Crippen molar-refractivity contribution in [2.24, 2.45) is 5.92 Å². The predicted octanol–water partition coefficient (Wildman–Crippen LogP) is 5.30. The molecule has 0 unspecified atom stereocenters. The third-order valence-electron chi connectivity index (χ3n) is 5.57. The fourth-order valence-corrected chi connectivity index (χ4v) is 4.64. The Hall–Kier alpha value is -1.13. The Morgan fingerprint density at radius 1 is 1.28 bits per heavy atom. The number of nitrogens with zero attached hydrogens (tertiary/aromatic N) is 1. The summed E-state index contributed by atoms with van der Waals surface area (Å²) in [4.78, 5) is 15.5. The number of halogens is 2. The number of rotatable bonds is 8. The van der Waals surface area contributed by atoms with E-state index >= 15 is 0 Å². The molecule has 1 amide bonds. The molecule has 1 atom stereocenters. The van der Waals surface area contributed by atoms with Crippen LogP contribution in [0.25, 0.3) is 0 Å². The van der Waals surface area contributed by atoms with Crippen LogP contribution in [-0.4, -0.2) is 36.1 Å². The van der Waals surface area contributed by atoms with Crippen molar-refractivity contribution in [2.75, 3.05) is 25.1 Å². The Labute approximate surface area is 155 Å². The summed E-state index contributed by atoms with van der Waals surface area (Å²) in [7, 11) is 0. The lowest BCUT2D eigenvalue weighted by Gasteiger charge is -2.50. The summed E-state index contributed by atoms with van der Waals surface area (Å²) in [5, 5.41) is 3.56. The number of hydrogen-bond donors (Lipinski definition) is 1. The van der Waals surface area contributed by atoms with Crippen molar-refractivity contribution in [2.45, 2.75) is 57.9 Å². The fraction of sp³-hybridized carbons (Fsp3) is 0.650. The molecule has 2 rings (SSSR count). The van der Waals surface area contributed by atoms with Gasteiger partial charge >= 0.3 is 0 Å². The van der Waals surface area contributed by atoms with E-state index in [1.807, 2.05) is 12.1 Å². The molecule has 0 aliphatic heterocycles. The van der Waals surface area contributed by atoms with Crippen molar-refractivity contribution in [3.05, 3.63) is 29.3 Å². The monoisotopic (exact) mass is 368 g/mol. The van der Waals surface area contributed by atoms with Crippen LogP contribution in [0.1, 0.15) is 52.4 Å². The van der Waals surface area contributed by atoms with E-state index in [9.17, 15) is 9.18 Å². The molecule has 1 aliphatic rings. The smallest absolute Gasteiger partial charge is 0.229 e. The number of benzene rings is 1. The second-order valence-corrected chi connectivity index (χ2v) is 7.30. The topological polar surface area (TPSA) is 32.3 Å². The summed E-state index contributed by atoms with van der Waals surface area (Å²) in [6, 6.07) is 7.13. The average Bonchev–Trinajstić information content (AvgIpc) is 2.61. The lowest BCUT2D eigenvalue weighted by molar-refractivity contribution is -0.127. The van der Waals surface area contributed by atoms with E-state index in [-0.39, 0.29) is 23.8 Å². The minimum Gasteiger partial charge on any atom is -0.326 e. The largest absolute Gasteiger partial charge is 0.326 e. The van der Waals surface area contributed by atoms with Gasteiger partial charge in [-0.1, -0.05) is 50.8 Å². The van der Waals surface area contributed by atoms with E-state index in [1.54, 1.807) is 12.1 Å². The number of carbonyl (C=O) groups is 1. The maximum absolute atomic E-state index is 13.4. The van der Waals surface area contributed by atoms with Crippen molar-refractivity contribution in [3.8, 4) is 0 Å². The zero-order valence-electron chi connectivity index (χ0n) is 15.4. The molecule has 1 fully saturated rings. The van der Waals surface area contributed by atoms with E-state index in [2.05, 4.69) is 24.1 Å². The zero-order valence-corrected chi connectivity index (χ0v) is 16.1.